The van der Waals surface area contributed by atoms with Crippen LogP contribution in [0.2, 0.25) is 0 Å². The Hall–Kier alpha value is -2.89. The van der Waals surface area contributed by atoms with Crippen LogP contribution in [0.1, 0.15) is 29.0 Å². The summed E-state index contributed by atoms with van der Waals surface area (Å²) in [6, 6.07) is 10.3. The van der Waals surface area contributed by atoms with Crippen LogP contribution in [0.15, 0.2) is 49.1 Å². The lowest BCUT2D eigenvalue weighted by atomic mass is 9.96. The third-order valence-electron chi connectivity index (χ3n) is 5.35. The highest BCUT2D eigenvalue weighted by Gasteiger charge is 2.26. The lowest BCUT2D eigenvalue weighted by Gasteiger charge is -2.32. The number of rotatable bonds is 4. The first kappa shape index (κ1) is 17.5. The van der Waals surface area contributed by atoms with Gasteiger partial charge in [-0.2, -0.15) is 0 Å². The summed E-state index contributed by atoms with van der Waals surface area (Å²) in [5.74, 6) is 1.62. The maximum absolute atomic E-state index is 12.6. The van der Waals surface area contributed by atoms with Crippen molar-refractivity contribution in [1.29, 1.82) is 0 Å². The van der Waals surface area contributed by atoms with E-state index in [0.29, 0.717) is 11.6 Å². The summed E-state index contributed by atoms with van der Waals surface area (Å²) in [4.78, 5) is 23.3. The van der Waals surface area contributed by atoms with E-state index in [1.165, 1.54) is 5.69 Å². The van der Waals surface area contributed by atoms with Crippen molar-refractivity contribution in [2.24, 2.45) is 13.0 Å². The highest BCUT2D eigenvalue weighted by Crippen LogP contribution is 2.25. The number of amides is 1. The third-order valence-corrected chi connectivity index (χ3v) is 5.35. The molecule has 0 unspecified atom stereocenters. The van der Waals surface area contributed by atoms with Crippen molar-refractivity contribution in [3.05, 3.63) is 60.4 Å². The summed E-state index contributed by atoms with van der Waals surface area (Å²) in [5.41, 5.74) is 2.86. The van der Waals surface area contributed by atoms with E-state index in [-0.39, 0.29) is 5.91 Å². The van der Waals surface area contributed by atoms with Crippen LogP contribution in [0.25, 0.3) is 11.4 Å². The largest absolute Gasteiger partial charge is 0.340 e. The van der Waals surface area contributed by atoms with E-state index in [2.05, 4.69) is 33.6 Å². The Morgan fingerprint density at radius 2 is 1.89 bits per heavy atom. The summed E-state index contributed by atoms with van der Waals surface area (Å²) in [6.07, 6.45) is 7.42. The van der Waals surface area contributed by atoms with Gasteiger partial charge in [-0.05, 0) is 25.7 Å². The van der Waals surface area contributed by atoms with Crippen molar-refractivity contribution in [1.82, 2.24) is 24.0 Å². The highest BCUT2D eigenvalue weighted by atomic mass is 16.2. The predicted molar refractivity (Wildman–Crippen MR) is 104 cm³/mol. The number of carbonyl (C=O) groups is 1. The molecule has 0 aliphatic carbocycles. The second-order valence-electron chi connectivity index (χ2n) is 7.36. The first-order valence-electron chi connectivity index (χ1n) is 9.46. The van der Waals surface area contributed by atoms with Crippen LogP contribution in [0, 0.1) is 12.8 Å². The van der Waals surface area contributed by atoms with Crippen LogP contribution in [-0.2, 0) is 13.6 Å². The molecule has 2 aromatic heterocycles. The zero-order valence-corrected chi connectivity index (χ0v) is 15.9. The molecule has 1 amide bonds. The summed E-state index contributed by atoms with van der Waals surface area (Å²) in [5, 5.41) is 0. The molecule has 0 radical (unpaired) electrons. The molecular weight excluding hydrogens is 338 g/mol. The van der Waals surface area contributed by atoms with Crippen LogP contribution < -0.4 is 0 Å². The van der Waals surface area contributed by atoms with Crippen LogP contribution in [0.5, 0.6) is 0 Å². The van der Waals surface area contributed by atoms with Gasteiger partial charge in [0, 0.05) is 50.3 Å². The summed E-state index contributed by atoms with van der Waals surface area (Å²) >= 11 is 0. The molecule has 6 nitrogen and oxygen atoms in total. The fourth-order valence-corrected chi connectivity index (χ4v) is 3.77. The average molecular weight is 363 g/mol. The average Bonchev–Trinajstić information content (AvgIpc) is 3.29. The second kappa shape index (κ2) is 7.39. The minimum Gasteiger partial charge on any atom is -0.340 e. The van der Waals surface area contributed by atoms with Crippen molar-refractivity contribution >= 4 is 5.91 Å². The Morgan fingerprint density at radius 3 is 2.56 bits per heavy atom. The molecule has 4 rings (SSSR count). The standard InChI is InChI=1S/C21H25N5O/c1-16-12-22-20(18-6-4-3-5-7-18)26(16)13-17-8-10-25(11-9-17)21(27)19-14-24(2)15-23-19/h3-7,12,14-15,17H,8-11,13H2,1-2H3. The molecule has 27 heavy (non-hydrogen) atoms. The Balaban J connectivity index is 1.42. The summed E-state index contributed by atoms with van der Waals surface area (Å²) < 4.78 is 4.13. The number of likely N-dealkylation sites (tertiary alicyclic amines) is 1. The smallest absolute Gasteiger partial charge is 0.274 e. The molecule has 1 aliphatic heterocycles. The van der Waals surface area contributed by atoms with E-state index in [9.17, 15) is 4.79 Å². The normalized spacial score (nSPS) is 15.3. The summed E-state index contributed by atoms with van der Waals surface area (Å²) in [7, 11) is 1.88. The molecule has 0 bridgehead atoms. The zero-order chi connectivity index (χ0) is 18.8. The van der Waals surface area contributed by atoms with E-state index in [0.717, 1.165) is 43.9 Å². The van der Waals surface area contributed by atoms with Gasteiger partial charge in [0.15, 0.2) is 0 Å². The van der Waals surface area contributed by atoms with Crippen molar-refractivity contribution in [2.45, 2.75) is 26.3 Å². The fourth-order valence-electron chi connectivity index (χ4n) is 3.77. The number of carbonyl (C=O) groups excluding carboxylic acids is 1. The molecule has 0 atom stereocenters. The molecular formula is C21H25N5O. The van der Waals surface area contributed by atoms with Crippen molar-refractivity contribution in [2.75, 3.05) is 13.1 Å². The van der Waals surface area contributed by atoms with Gasteiger partial charge in [-0.3, -0.25) is 4.79 Å². The van der Waals surface area contributed by atoms with E-state index < -0.39 is 0 Å². The molecule has 3 aromatic rings. The number of piperidine rings is 1. The number of nitrogens with zero attached hydrogens (tertiary/aromatic N) is 5. The molecule has 0 N–H and O–H groups in total. The topological polar surface area (TPSA) is 56.0 Å². The molecule has 1 aliphatic rings. The van der Waals surface area contributed by atoms with Gasteiger partial charge in [0.2, 0.25) is 0 Å². The lowest BCUT2D eigenvalue weighted by Crippen LogP contribution is -2.39. The molecule has 1 fully saturated rings. The molecule has 0 saturated carbocycles. The first-order chi connectivity index (χ1) is 13.1. The van der Waals surface area contributed by atoms with Gasteiger partial charge in [0.05, 0.1) is 6.33 Å². The van der Waals surface area contributed by atoms with Crippen molar-refractivity contribution in [3.63, 3.8) is 0 Å². The number of aromatic nitrogens is 4. The van der Waals surface area contributed by atoms with Gasteiger partial charge >= 0.3 is 0 Å². The van der Waals surface area contributed by atoms with Crippen molar-refractivity contribution in [3.8, 4) is 11.4 Å². The van der Waals surface area contributed by atoms with E-state index in [4.69, 9.17) is 0 Å². The van der Waals surface area contributed by atoms with Crippen LogP contribution >= 0.6 is 0 Å². The van der Waals surface area contributed by atoms with E-state index in [1.807, 2.05) is 40.9 Å². The Bertz CT molecular complexity index is 919. The van der Waals surface area contributed by atoms with E-state index >= 15 is 0 Å². The van der Waals surface area contributed by atoms with Crippen LogP contribution in [0.3, 0.4) is 0 Å². The molecule has 0 spiro atoms. The number of benzene rings is 1. The SMILES string of the molecule is Cc1cnc(-c2ccccc2)n1CC1CCN(C(=O)c2cn(C)cn2)CC1. The van der Waals surface area contributed by atoms with Crippen LogP contribution in [-0.4, -0.2) is 43.0 Å². The molecule has 1 aromatic carbocycles. The fraction of sp³-hybridized carbons (Fsp3) is 0.381. The number of imidazole rings is 2. The zero-order valence-electron chi connectivity index (χ0n) is 15.9. The van der Waals surface area contributed by atoms with E-state index in [1.54, 1.807) is 12.5 Å². The van der Waals surface area contributed by atoms with Gasteiger partial charge in [-0.25, -0.2) is 9.97 Å². The Labute approximate surface area is 159 Å². The lowest BCUT2D eigenvalue weighted by molar-refractivity contribution is 0.0677. The molecule has 1 saturated heterocycles. The number of hydrogen-bond acceptors (Lipinski definition) is 3. The molecule has 6 heteroatoms. The first-order valence-corrected chi connectivity index (χ1v) is 9.46. The van der Waals surface area contributed by atoms with Crippen LogP contribution in [0.4, 0.5) is 0 Å². The maximum Gasteiger partial charge on any atom is 0.274 e. The Kier molecular flexibility index (Phi) is 4.79. The van der Waals surface area contributed by atoms with Gasteiger partial charge < -0.3 is 14.0 Å². The minimum absolute atomic E-state index is 0.0397. The molecule has 140 valence electrons. The number of aryl methyl sites for hydroxylation is 2. The van der Waals surface area contributed by atoms with Gasteiger partial charge in [0.1, 0.15) is 11.5 Å². The predicted octanol–water partition coefficient (Wildman–Crippen LogP) is 3.14. The van der Waals surface area contributed by atoms with Gasteiger partial charge in [-0.1, -0.05) is 30.3 Å². The minimum atomic E-state index is 0.0397. The maximum atomic E-state index is 12.6. The van der Waals surface area contributed by atoms with Gasteiger partial charge in [0.25, 0.3) is 5.91 Å². The summed E-state index contributed by atoms with van der Waals surface area (Å²) in [6.45, 7) is 4.63. The Morgan fingerprint density at radius 1 is 1.15 bits per heavy atom. The highest BCUT2D eigenvalue weighted by molar-refractivity contribution is 5.92. The third kappa shape index (κ3) is 3.65. The monoisotopic (exact) mass is 363 g/mol. The number of hydrogen-bond donors (Lipinski definition) is 0. The molecule has 3 heterocycles. The van der Waals surface area contributed by atoms with Crippen molar-refractivity contribution < 1.29 is 4.79 Å². The van der Waals surface area contributed by atoms with Gasteiger partial charge in [-0.15, -0.1) is 0 Å². The quantitative estimate of drug-likeness (QED) is 0.715. The second-order valence-corrected chi connectivity index (χ2v) is 7.36.